The molecule has 0 unspecified atom stereocenters. The van der Waals surface area contributed by atoms with E-state index < -0.39 is 5.82 Å². The SMILES string of the molecule is COCCn1cc(-c2ccc(-n3nnc4cnc(C[C@@H]5CC[C@@H](C(N)=O)C5)nc43)cc2F)cn1. The molecule has 0 spiro atoms. The summed E-state index contributed by atoms with van der Waals surface area (Å²) in [6, 6.07) is 4.88. The van der Waals surface area contributed by atoms with Crippen LogP contribution in [-0.4, -0.2) is 54.4 Å². The molecular weight excluding hydrogens is 439 g/mol. The molecule has 1 fully saturated rings. The molecule has 2 N–H and O–H groups in total. The van der Waals surface area contributed by atoms with E-state index in [1.807, 2.05) is 0 Å². The van der Waals surface area contributed by atoms with Gasteiger partial charge in [0, 0.05) is 42.8 Å². The number of methoxy groups -OCH3 is 1. The lowest BCUT2D eigenvalue weighted by molar-refractivity contribution is -0.121. The van der Waals surface area contributed by atoms with Gasteiger partial charge in [-0.3, -0.25) is 9.48 Å². The molecule has 10 nitrogen and oxygen atoms in total. The summed E-state index contributed by atoms with van der Waals surface area (Å²) in [7, 11) is 1.62. The Morgan fingerprint density at radius 2 is 2.18 bits per heavy atom. The summed E-state index contributed by atoms with van der Waals surface area (Å²) in [6.45, 7) is 1.12. The number of hydrogen-bond acceptors (Lipinski definition) is 7. The lowest BCUT2D eigenvalue weighted by atomic mass is 10.0. The number of aromatic nitrogens is 7. The lowest BCUT2D eigenvalue weighted by Gasteiger charge is -2.09. The molecule has 0 radical (unpaired) electrons. The van der Waals surface area contributed by atoms with E-state index in [1.54, 1.807) is 42.5 Å². The van der Waals surface area contributed by atoms with Gasteiger partial charge in [0.05, 0.1) is 31.2 Å². The van der Waals surface area contributed by atoms with E-state index in [0.717, 1.165) is 19.3 Å². The van der Waals surface area contributed by atoms with Gasteiger partial charge in [0.1, 0.15) is 11.6 Å². The van der Waals surface area contributed by atoms with Crippen molar-refractivity contribution in [3.8, 4) is 16.8 Å². The van der Waals surface area contributed by atoms with Crippen molar-refractivity contribution in [2.75, 3.05) is 13.7 Å². The number of fused-ring (bicyclic) bond motifs is 1. The Balaban J connectivity index is 1.38. The van der Waals surface area contributed by atoms with Crippen molar-refractivity contribution in [1.29, 1.82) is 0 Å². The van der Waals surface area contributed by atoms with Crippen LogP contribution < -0.4 is 5.73 Å². The van der Waals surface area contributed by atoms with Crippen molar-refractivity contribution >= 4 is 17.1 Å². The first-order chi connectivity index (χ1) is 16.5. The highest BCUT2D eigenvalue weighted by molar-refractivity contribution is 5.77. The number of amides is 1. The highest BCUT2D eigenvalue weighted by Gasteiger charge is 2.29. The number of carbonyl (C=O) groups excluding carboxylic acids is 1. The van der Waals surface area contributed by atoms with Gasteiger partial charge < -0.3 is 10.5 Å². The van der Waals surface area contributed by atoms with E-state index in [9.17, 15) is 4.79 Å². The third-order valence-electron chi connectivity index (χ3n) is 6.32. The van der Waals surface area contributed by atoms with Crippen LogP contribution in [0.4, 0.5) is 4.39 Å². The molecule has 1 aromatic carbocycles. The standard InChI is InChI=1S/C23H25FN8O2/c1-34-7-6-31-13-16(11-27-31)18-5-4-17(10-19(18)24)32-23-20(29-30-32)12-26-21(28-23)9-14-2-3-15(8-14)22(25)33/h4-5,10-15H,2-3,6-9H2,1H3,(H2,25,33)/t14-,15-/m1/s1. The number of ether oxygens (including phenoxy) is 1. The van der Waals surface area contributed by atoms with E-state index in [0.29, 0.717) is 59.3 Å². The van der Waals surface area contributed by atoms with E-state index >= 15 is 4.39 Å². The molecular formula is C23H25FN8O2. The first-order valence-corrected chi connectivity index (χ1v) is 11.2. The molecule has 1 aliphatic rings. The largest absolute Gasteiger partial charge is 0.383 e. The Bertz CT molecular complexity index is 1330. The quantitative estimate of drug-likeness (QED) is 0.424. The van der Waals surface area contributed by atoms with Gasteiger partial charge in [-0.15, -0.1) is 5.10 Å². The van der Waals surface area contributed by atoms with Crippen molar-refractivity contribution in [1.82, 2.24) is 34.7 Å². The van der Waals surface area contributed by atoms with Crippen LogP contribution in [0.3, 0.4) is 0 Å². The van der Waals surface area contributed by atoms with Gasteiger partial charge in [0.2, 0.25) is 5.91 Å². The highest BCUT2D eigenvalue weighted by atomic mass is 19.1. The number of benzene rings is 1. The fourth-order valence-electron chi connectivity index (χ4n) is 4.49. The minimum absolute atomic E-state index is 0.0745. The van der Waals surface area contributed by atoms with E-state index in [1.165, 1.54) is 10.7 Å². The van der Waals surface area contributed by atoms with Gasteiger partial charge in [0.25, 0.3) is 0 Å². The van der Waals surface area contributed by atoms with Crippen molar-refractivity contribution in [2.24, 2.45) is 17.6 Å². The predicted molar refractivity (Wildman–Crippen MR) is 121 cm³/mol. The molecule has 1 aliphatic carbocycles. The van der Waals surface area contributed by atoms with Crippen LogP contribution >= 0.6 is 0 Å². The molecule has 2 atom stereocenters. The molecule has 3 aromatic heterocycles. The highest BCUT2D eigenvalue weighted by Crippen LogP contribution is 2.32. The number of nitrogens with zero attached hydrogens (tertiary/aromatic N) is 7. The molecule has 1 amide bonds. The number of carbonyl (C=O) groups is 1. The van der Waals surface area contributed by atoms with E-state index in [4.69, 9.17) is 10.5 Å². The van der Waals surface area contributed by atoms with Gasteiger partial charge in [0.15, 0.2) is 11.2 Å². The zero-order chi connectivity index (χ0) is 23.7. The fourth-order valence-corrected chi connectivity index (χ4v) is 4.49. The first-order valence-electron chi connectivity index (χ1n) is 11.2. The van der Waals surface area contributed by atoms with Gasteiger partial charge in [-0.25, -0.2) is 14.4 Å². The van der Waals surface area contributed by atoms with Crippen LogP contribution in [0.2, 0.25) is 0 Å². The van der Waals surface area contributed by atoms with Gasteiger partial charge in [-0.1, -0.05) is 5.21 Å². The zero-order valence-electron chi connectivity index (χ0n) is 18.8. The number of rotatable bonds is 8. The predicted octanol–water partition coefficient (Wildman–Crippen LogP) is 2.30. The van der Waals surface area contributed by atoms with Crippen LogP contribution in [0.15, 0.2) is 36.8 Å². The van der Waals surface area contributed by atoms with Gasteiger partial charge in [-0.2, -0.15) is 9.78 Å². The molecule has 0 saturated heterocycles. The van der Waals surface area contributed by atoms with Crippen molar-refractivity contribution in [3.05, 3.63) is 48.4 Å². The number of hydrogen-bond donors (Lipinski definition) is 1. The Morgan fingerprint density at radius 1 is 1.29 bits per heavy atom. The minimum atomic E-state index is -0.398. The molecule has 34 heavy (non-hydrogen) atoms. The molecule has 0 bridgehead atoms. The van der Waals surface area contributed by atoms with Gasteiger partial charge >= 0.3 is 0 Å². The van der Waals surface area contributed by atoms with Crippen LogP contribution in [0.5, 0.6) is 0 Å². The molecule has 1 saturated carbocycles. The maximum atomic E-state index is 15.0. The smallest absolute Gasteiger partial charge is 0.220 e. The summed E-state index contributed by atoms with van der Waals surface area (Å²) in [5, 5.41) is 12.5. The fraction of sp³-hybridized carbons (Fsp3) is 0.391. The van der Waals surface area contributed by atoms with E-state index in [2.05, 4.69) is 25.4 Å². The zero-order valence-corrected chi connectivity index (χ0v) is 18.8. The summed E-state index contributed by atoms with van der Waals surface area (Å²) in [6.07, 6.45) is 8.16. The number of nitrogens with two attached hydrogens (primary N) is 1. The Morgan fingerprint density at radius 3 is 2.94 bits per heavy atom. The topological polar surface area (TPSA) is 127 Å². The monoisotopic (exact) mass is 464 g/mol. The molecule has 3 heterocycles. The second-order valence-electron chi connectivity index (χ2n) is 8.63. The van der Waals surface area contributed by atoms with E-state index in [-0.39, 0.29) is 11.8 Å². The van der Waals surface area contributed by atoms with Crippen molar-refractivity contribution < 1.29 is 13.9 Å². The summed E-state index contributed by atoms with van der Waals surface area (Å²) >= 11 is 0. The molecule has 11 heteroatoms. The molecule has 4 aromatic rings. The second-order valence-corrected chi connectivity index (χ2v) is 8.63. The Kier molecular flexibility index (Phi) is 6.01. The average molecular weight is 465 g/mol. The first kappa shape index (κ1) is 22.1. The lowest BCUT2D eigenvalue weighted by Crippen LogP contribution is -2.21. The molecule has 5 rings (SSSR count). The van der Waals surface area contributed by atoms with Crippen LogP contribution in [-0.2, 0) is 22.5 Å². The molecule has 176 valence electrons. The van der Waals surface area contributed by atoms with Crippen LogP contribution in [0.1, 0.15) is 25.1 Å². The second kappa shape index (κ2) is 9.26. The third kappa shape index (κ3) is 4.38. The van der Waals surface area contributed by atoms with Crippen molar-refractivity contribution in [3.63, 3.8) is 0 Å². The maximum Gasteiger partial charge on any atom is 0.220 e. The average Bonchev–Trinajstić information content (AvgIpc) is 3.57. The number of primary amides is 1. The Hall–Kier alpha value is -3.73. The minimum Gasteiger partial charge on any atom is -0.383 e. The maximum absolute atomic E-state index is 15.0. The number of halogens is 1. The normalized spacial score (nSPS) is 18.1. The third-order valence-corrected chi connectivity index (χ3v) is 6.32. The summed E-state index contributed by atoms with van der Waals surface area (Å²) in [4.78, 5) is 20.5. The summed E-state index contributed by atoms with van der Waals surface area (Å²) in [5.74, 6) is 0.237. The van der Waals surface area contributed by atoms with Crippen LogP contribution in [0.25, 0.3) is 28.0 Å². The molecule has 0 aliphatic heterocycles. The van der Waals surface area contributed by atoms with Crippen molar-refractivity contribution in [2.45, 2.75) is 32.2 Å². The summed E-state index contributed by atoms with van der Waals surface area (Å²) < 4.78 is 23.3. The Labute approximate surface area is 194 Å². The van der Waals surface area contributed by atoms with Crippen LogP contribution in [0, 0.1) is 17.7 Å². The van der Waals surface area contributed by atoms with Gasteiger partial charge in [-0.05, 0) is 37.3 Å². The summed E-state index contributed by atoms with van der Waals surface area (Å²) in [5.41, 5.74) is 8.11.